The lowest BCUT2D eigenvalue weighted by atomic mass is 10.0. The summed E-state index contributed by atoms with van der Waals surface area (Å²) in [4.78, 5) is 15.4. The highest BCUT2D eigenvalue weighted by Crippen LogP contribution is 2.22. The molecule has 136 valence electrons. The van der Waals surface area contributed by atoms with Crippen LogP contribution in [-0.4, -0.2) is 25.6 Å². The molecule has 0 aromatic heterocycles. The van der Waals surface area contributed by atoms with Gasteiger partial charge in [-0.1, -0.05) is 38.5 Å². The first-order valence-electron chi connectivity index (χ1n) is 8.36. The molecule has 0 aliphatic rings. The van der Waals surface area contributed by atoms with Crippen LogP contribution in [0.4, 0.5) is 5.69 Å². The number of halogens is 1. The van der Waals surface area contributed by atoms with E-state index in [1.165, 1.54) is 18.2 Å². The minimum atomic E-state index is -0.155. The highest BCUT2D eigenvalue weighted by Gasteiger charge is 2.06. The van der Waals surface area contributed by atoms with E-state index in [-0.39, 0.29) is 29.9 Å². The van der Waals surface area contributed by atoms with Crippen molar-refractivity contribution in [3.63, 3.8) is 0 Å². The predicted octanol–water partition coefficient (Wildman–Crippen LogP) is 3.89. The van der Waals surface area contributed by atoms with Crippen LogP contribution in [0, 0.1) is 0 Å². The molecule has 0 radical (unpaired) electrons. The Bertz CT molecular complexity index is 511. The standard InChI is InChI=1S/C18H29N3O2.HI/c1-4-14-10-9-11-15(5-2)17(14)21-18(19)20-13-8-6-7-12-16(22)23-3;/h9-11H,4-8,12-13H2,1-3H3,(H3,19,20,21);1H. The molecular formula is C18H30IN3O2. The number of anilines is 1. The third-order valence-corrected chi connectivity index (χ3v) is 3.80. The number of benzene rings is 1. The van der Waals surface area contributed by atoms with Gasteiger partial charge in [0.05, 0.1) is 7.11 Å². The van der Waals surface area contributed by atoms with Crippen molar-refractivity contribution in [3.05, 3.63) is 29.3 Å². The summed E-state index contributed by atoms with van der Waals surface area (Å²) in [6.07, 6.45) is 5.06. The molecule has 0 unspecified atom stereocenters. The molecular weight excluding hydrogens is 417 g/mol. The Morgan fingerprint density at radius 2 is 1.79 bits per heavy atom. The Morgan fingerprint density at radius 1 is 1.17 bits per heavy atom. The molecule has 0 spiro atoms. The Morgan fingerprint density at radius 3 is 2.33 bits per heavy atom. The second-order valence-corrected chi connectivity index (χ2v) is 5.44. The van der Waals surface area contributed by atoms with Crippen LogP contribution >= 0.6 is 24.0 Å². The van der Waals surface area contributed by atoms with Gasteiger partial charge in [0.25, 0.3) is 0 Å². The van der Waals surface area contributed by atoms with Gasteiger partial charge in [0.2, 0.25) is 0 Å². The smallest absolute Gasteiger partial charge is 0.305 e. The van der Waals surface area contributed by atoms with Gasteiger partial charge in [-0.15, -0.1) is 24.0 Å². The number of aryl methyl sites for hydroxylation is 2. The number of methoxy groups -OCH3 is 1. The minimum Gasteiger partial charge on any atom is -0.469 e. The quantitative estimate of drug-likeness (QED) is 0.198. The SMILES string of the molecule is CCc1cccc(CC)c1NC(N)=NCCCCCC(=O)OC.I. The fourth-order valence-corrected chi connectivity index (χ4v) is 2.43. The first-order chi connectivity index (χ1) is 11.1. The number of carbonyl (C=O) groups is 1. The van der Waals surface area contributed by atoms with Crippen molar-refractivity contribution in [2.24, 2.45) is 10.7 Å². The Kier molecular flexibility index (Phi) is 12.3. The molecule has 24 heavy (non-hydrogen) atoms. The van der Waals surface area contributed by atoms with E-state index in [4.69, 9.17) is 5.73 Å². The largest absolute Gasteiger partial charge is 0.469 e. The van der Waals surface area contributed by atoms with Crippen LogP contribution in [-0.2, 0) is 22.4 Å². The molecule has 1 rings (SSSR count). The molecule has 0 saturated heterocycles. The van der Waals surface area contributed by atoms with Crippen LogP contribution in [0.1, 0.15) is 50.7 Å². The lowest BCUT2D eigenvalue weighted by Gasteiger charge is -2.14. The molecule has 5 nitrogen and oxygen atoms in total. The second kappa shape index (κ2) is 13.0. The van der Waals surface area contributed by atoms with Crippen LogP contribution in [0.2, 0.25) is 0 Å². The number of aliphatic imine (C=N–C) groups is 1. The molecule has 0 amide bonds. The number of guanidine groups is 1. The fraction of sp³-hybridized carbons (Fsp3) is 0.556. The van der Waals surface area contributed by atoms with E-state index in [9.17, 15) is 4.79 Å². The third-order valence-electron chi connectivity index (χ3n) is 3.80. The zero-order valence-corrected chi connectivity index (χ0v) is 17.3. The van der Waals surface area contributed by atoms with E-state index < -0.39 is 0 Å². The van der Waals surface area contributed by atoms with Crippen molar-refractivity contribution in [1.82, 2.24) is 0 Å². The summed E-state index contributed by atoms with van der Waals surface area (Å²) in [5.74, 6) is 0.298. The van der Waals surface area contributed by atoms with Gasteiger partial charge in [0, 0.05) is 18.7 Å². The number of carbonyl (C=O) groups excluding carboxylic acids is 1. The van der Waals surface area contributed by atoms with Gasteiger partial charge in [0.15, 0.2) is 5.96 Å². The number of unbranched alkanes of at least 4 members (excludes halogenated alkanes) is 2. The summed E-state index contributed by atoms with van der Waals surface area (Å²) >= 11 is 0. The number of nitrogens with two attached hydrogens (primary N) is 1. The predicted molar refractivity (Wildman–Crippen MR) is 111 cm³/mol. The molecule has 0 bridgehead atoms. The first kappa shape index (κ1) is 22.7. The van der Waals surface area contributed by atoms with Gasteiger partial charge in [-0.3, -0.25) is 9.79 Å². The van der Waals surface area contributed by atoms with Crippen LogP contribution in [0.5, 0.6) is 0 Å². The van der Waals surface area contributed by atoms with Crippen molar-refractivity contribution in [2.75, 3.05) is 19.0 Å². The van der Waals surface area contributed by atoms with Gasteiger partial charge in [-0.25, -0.2) is 0 Å². The number of para-hydroxylation sites is 1. The molecule has 0 aliphatic heterocycles. The number of nitrogens with zero attached hydrogens (tertiary/aromatic N) is 1. The van der Waals surface area contributed by atoms with Gasteiger partial charge in [-0.2, -0.15) is 0 Å². The van der Waals surface area contributed by atoms with Crippen LogP contribution in [0.15, 0.2) is 23.2 Å². The molecule has 0 heterocycles. The Balaban J connectivity index is 0.00000529. The number of hydrogen-bond donors (Lipinski definition) is 2. The zero-order valence-electron chi connectivity index (χ0n) is 14.9. The number of hydrogen-bond acceptors (Lipinski definition) is 3. The normalized spacial score (nSPS) is 10.9. The topological polar surface area (TPSA) is 76.7 Å². The van der Waals surface area contributed by atoms with Crippen LogP contribution < -0.4 is 11.1 Å². The van der Waals surface area contributed by atoms with Gasteiger partial charge < -0.3 is 15.8 Å². The molecule has 3 N–H and O–H groups in total. The van der Waals surface area contributed by atoms with Crippen LogP contribution in [0.25, 0.3) is 0 Å². The minimum absolute atomic E-state index is 0. The zero-order chi connectivity index (χ0) is 17.1. The fourth-order valence-electron chi connectivity index (χ4n) is 2.43. The van der Waals surface area contributed by atoms with E-state index in [0.29, 0.717) is 18.9 Å². The molecule has 0 aliphatic carbocycles. The van der Waals surface area contributed by atoms with Crippen molar-refractivity contribution < 1.29 is 9.53 Å². The molecule has 0 saturated carbocycles. The van der Waals surface area contributed by atoms with E-state index in [1.807, 2.05) is 0 Å². The third kappa shape index (κ3) is 7.99. The molecule has 6 heteroatoms. The first-order valence-corrected chi connectivity index (χ1v) is 8.36. The highest BCUT2D eigenvalue weighted by atomic mass is 127. The van der Waals surface area contributed by atoms with E-state index in [2.05, 4.69) is 47.1 Å². The number of nitrogens with one attached hydrogen (secondary N) is 1. The number of esters is 1. The van der Waals surface area contributed by atoms with E-state index >= 15 is 0 Å². The number of ether oxygens (including phenoxy) is 1. The summed E-state index contributed by atoms with van der Waals surface area (Å²) in [6, 6.07) is 6.31. The monoisotopic (exact) mass is 447 g/mol. The van der Waals surface area contributed by atoms with Crippen molar-refractivity contribution in [2.45, 2.75) is 52.4 Å². The maximum atomic E-state index is 11.0. The molecule has 0 atom stereocenters. The summed E-state index contributed by atoms with van der Waals surface area (Å²) in [5, 5.41) is 3.25. The highest BCUT2D eigenvalue weighted by molar-refractivity contribution is 14.0. The molecule has 0 fully saturated rings. The van der Waals surface area contributed by atoms with Crippen molar-refractivity contribution in [1.29, 1.82) is 0 Å². The Hall–Kier alpha value is -1.31. The maximum absolute atomic E-state index is 11.0. The molecule has 1 aromatic carbocycles. The van der Waals surface area contributed by atoms with Gasteiger partial charge in [-0.05, 0) is 36.8 Å². The summed E-state index contributed by atoms with van der Waals surface area (Å²) in [6.45, 7) is 4.93. The summed E-state index contributed by atoms with van der Waals surface area (Å²) < 4.78 is 4.61. The van der Waals surface area contributed by atoms with Crippen molar-refractivity contribution in [3.8, 4) is 0 Å². The van der Waals surface area contributed by atoms with Gasteiger partial charge in [0.1, 0.15) is 0 Å². The lowest BCUT2D eigenvalue weighted by Crippen LogP contribution is -2.24. The average Bonchev–Trinajstić information content (AvgIpc) is 2.57. The Labute approximate surface area is 162 Å². The van der Waals surface area contributed by atoms with E-state index in [1.54, 1.807) is 0 Å². The average molecular weight is 447 g/mol. The lowest BCUT2D eigenvalue weighted by molar-refractivity contribution is -0.140. The summed E-state index contributed by atoms with van der Waals surface area (Å²) in [7, 11) is 1.41. The number of rotatable bonds is 9. The maximum Gasteiger partial charge on any atom is 0.305 e. The van der Waals surface area contributed by atoms with Crippen molar-refractivity contribution >= 4 is 41.6 Å². The van der Waals surface area contributed by atoms with Crippen LogP contribution in [0.3, 0.4) is 0 Å². The van der Waals surface area contributed by atoms with E-state index in [0.717, 1.165) is 37.8 Å². The van der Waals surface area contributed by atoms with Gasteiger partial charge >= 0.3 is 5.97 Å². The second-order valence-electron chi connectivity index (χ2n) is 5.44. The summed E-state index contributed by atoms with van der Waals surface area (Å²) in [5.41, 5.74) is 9.59. The molecule has 1 aromatic rings.